The number of carbonyl (C=O) groups is 11. The molecule has 11 atom stereocenters. The number of aromatic nitrogens is 5. The summed E-state index contributed by atoms with van der Waals surface area (Å²) in [5, 5.41) is 61.5. The van der Waals surface area contributed by atoms with Gasteiger partial charge in [0, 0.05) is 39.6 Å². The number of Topliss-reactive ketones (excluding diaryl/α,β-unsaturated/α-hetero) is 1. The quantitative estimate of drug-likeness (QED) is 0.0354. The van der Waals surface area contributed by atoms with Crippen molar-refractivity contribution in [3.05, 3.63) is 142 Å². The number of aliphatic hydroxyl groups is 3. The van der Waals surface area contributed by atoms with Gasteiger partial charge in [0.25, 0.3) is 35.4 Å². The van der Waals surface area contributed by atoms with Crippen LogP contribution >= 0.6 is 57.1 Å². The summed E-state index contributed by atoms with van der Waals surface area (Å²) in [5.41, 5.74) is 0.359. The van der Waals surface area contributed by atoms with E-state index in [1.165, 1.54) is 62.2 Å². The van der Waals surface area contributed by atoms with Gasteiger partial charge in [0.2, 0.25) is 23.5 Å². The molecule has 31 nitrogen and oxygen atoms in total. The van der Waals surface area contributed by atoms with Gasteiger partial charge in [-0.3, -0.25) is 57.9 Å². The molecule has 36 heteroatoms. The lowest BCUT2D eigenvalue weighted by atomic mass is 9.80. The van der Waals surface area contributed by atoms with Crippen LogP contribution in [0.4, 0.5) is 0 Å². The van der Waals surface area contributed by atoms with Gasteiger partial charge in [-0.1, -0.05) is 51.3 Å². The first-order valence-corrected chi connectivity index (χ1v) is 35.3. The number of carbonyl (C=O) groups excluding carboxylic acids is 11. The van der Waals surface area contributed by atoms with Gasteiger partial charge in [-0.2, -0.15) is 0 Å². The van der Waals surface area contributed by atoms with Gasteiger partial charge >= 0.3 is 5.97 Å². The van der Waals surface area contributed by atoms with E-state index in [0.717, 1.165) is 64.0 Å². The van der Waals surface area contributed by atoms with Crippen LogP contribution in [0.15, 0.2) is 98.2 Å². The van der Waals surface area contributed by atoms with Crippen LogP contribution in [0.25, 0.3) is 10.9 Å². The van der Waals surface area contributed by atoms with Crippen LogP contribution in [0, 0.1) is 5.92 Å². The Kier molecular flexibility index (Phi) is 23.0. The molecule has 0 saturated heterocycles. The molecule has 9 rings (SSSR count). The molecule has 0 radical (unpaired) electrons. The molecule has 13 N–H and O–H groups in total. The minimum Gasteiger partial charge on any atom is -0.455 e. The molecule has 526 valence electrons. The first kappa shape index (κ1) is 74.5. The van der Waals surface area contributed by atoms with Crippen molar-refractivity contribution in [1.82, 2.24) is 67.5 Å². The Balaban J connectivity index is 1.22. The van der Waals surface area contributed by atoms with Crippen molar-refractivity contribution in [3.8, 4) is 0 Å². The van der Waals surface area contributed by atoms with Gasteiger partial charge in [0.15, 0.2) is 0 Å². The van der Waals surface area contributed by atoms with E-state index in [0.29, 0.717) is 16.5 Å². The van der Waals surface area contributed by atoms with Gasteiger partial charge in [-0.25, -0.2) is 29.7 Å². The zero-order valence-electron chi connectivity index (χ0n) is 55.1. The van der Waals surface area contributed by atoms with Crippen molar-refractivity contribution in [2.24, 2.45) is 21.6 Å². The number of nitrogens with zero attached hydrogens (tertiary/aromatic N) is 7. The highest BCUT2D eigenvalue weighted by Crippen LogP contribution is 2.48. The van der Waals surface area contributed by atoms with Crippen LogP contribution in [-0.4, -0.2) is 158 Å². The van der Waals surface area contributed by atoms with E-state index < -0.39 is 148 Å². The number of aliphatic imine (C=N–C) groups is 2. The smallest absolute Gasteiger partial charge is 0.357 e. The molecule has 8 heterocycles. The number of nitrogens with two attached hydrogens (primary N) is 1. The lowest BCUT2D eigenvalue weighted by Gasteiger charge is -2.41. The molecular weight excluding hydrogens is 1390 g/mol. The number of rotatable bonds is 17. The molecule has 0 spiro atoms. The second-order valence-electron chi connectivity index (χ2n) is 24.0. The average Bonchev–Trinajstić information content (AvgIpc) is 1.43. The van der Waals surface area contributed by atoms with E-state index in [1.54, 1.807) is 51.1 Å². The maximum absolute atomic E-state index is 15.0. The molecule has 0 unspecified atom stereocenters. The number of benzene rings is 1. The summed E-state index contributed by atoms with van der Waals surface area (Å²) in [6, 6.07) is 0.00897. The molecule has 8 bridgehead atoms. The number of amides is 9. The van der Waals surface area contributed by atoms with E-state index in [9.17, 15) is 68.1 Å². The maximum Gasteiger partial charge on any atom is 0.357 e. The van der Waals surface area contributed by atoms with E-state index in [1.807, 2.05) is 0 Å². The fourth-order valence-electron chi connectivity index (χ4n) is 10.4. The van der Waals surface area contributed by atoms with Gasteiger partial charge < -0.3 is 68.3 Å². The fraction of sp³-hybridized carbons (Fsp3) is 0.375. The van der Waals surface area contributed by atoms with Crippen LogP contribution in [0.1, 0.15) is 173 Å². The SMILES string of the molecule is C=C(NC(=O)C(=C)NC(=O)c1csc(C2=N[C@@H]3c4csc(n4)[C@H]([C@@H](C)OC(=O)c4cc([C@H](C)O)c5ccccc5n4)NC(=O)c4csc(n4)[C@H]([C@](C)(O)[C@@H](C)O)NC(=O)[C@H]4CSC(=N4)/C(=C/C)NC(=O)[C@H](C(C)C)NC(=O)c4csc(n4)[C@@]3(NC(=O)[C@H](C)NC(=O)C(C)=O)CC2)n1)C(N)=O. The topological polar surface area (TPSA) is 469 Å². The minimum absolute atomic E-state index is 0.0188. The Morgan fingerprint density at radius 3 is 2.14 bits per heavy atom. The minimum atomic E-state index is -2.14. The first-order chi connectivity index (χ1) is 47.2. The molecule has 1 aromatic carbocycles. The molecular formula is C64H70N16O15S5. The number of allylic oxidation sites excluding steroid dienone is 1. The van der Waals surface area contributed by atoms with Gasteiger partial charge in [-0.15, -0.1) is 57.1 Å². The Morgan fingerprint density at radius 2 is 1.47 bits per heavy atom. The molecule has 9 amide bonds. The standard InChI is InChI=1S/C64H70N16O15S5/c1-12-35-57-73-42(22-96-57)55(91)79-47(63(11,94)32(10)83)60-75-41(23-99-60)53(89)78-45(31(9)95-61(93)38-19-34(29(7)81)33-15-13-14-16-36(33)69-38)59-72-39(20-98-59)46-64(80-50(86)28(6)67-51(87)30(8)82,62-76-43(24-100-62)54(90)77-44(25(2)3)56(92)71-35)18-17-37(70-46)58-74-40(21-97-58)52(88)68-27(5)49(85)66-26(4)48(65)84/h12-16,19-21,23-25,28-29,31-32,42,44-47,81,83,94H,4-5,17-18,22H2,1-3,6-11H3,(H2,65,84)(H,66,85)(H,67,87)(H,68,88)(H,71,92)(H,77,90)(H,78,89)(H,79,91)(H,80,86)/b35-12-/t28-,29-,31+,32+,42+,44-,45-,46+,47+,63+,64+/m0/s1. The molecule has 0 fully saturated rings. The summed E-state index contributed by atoms with van der Waals surface area (Å²) in [7, 11) is 0. The van der Waals surface area contributed by atoms with Gasteiger partial charge in [-0.05, 0) is 78.0 Å². The zero-order valence-corrected chi connectivity index (χ0v) is 59.2. The summed E-state index contributed by atoms with van der Waals surface area (Å²) in [6.07, 6.45) is -2.67. The Morgan fingerprint density at radius 1 is 0.790 bits per heavy atom. The van der Waals surface area contributed by atoms with Crippen LogP contribution in [-0.2, 0) is 43.8 Å². The number of para-hydroxylation sites is 1. The summed E-state index contributed by atoms with van der Waals surface area (Å²) in [4.78, 5) is 184. The molecule has 0 saturated carbocycles. The number of nitrogens with one attached hydrogen (secondary N) is 8. The fourth-order valence-corrected chi connectivity index (χ4v) is 15.3. The monoisotopic (exact) mass is 1460 g/mol. The second kappa shape index (κ2) is 30.8. The van der Waals surface area contributed by atoms with Gasteiger partial charge in [0.1, 0.15) is 101 Å². The Hall–Kier alpha value is -9.69. The van der Waals surface area contributed by atoms with Crippen molar-refractivity contribution >= 4 is 144 Å². The van der Waals surface area contributed by atoms with Crippen LogP contribution in [0.3, 0.4) is 0 Å². The largest absolute Gasteiger partial charge is 0.455 e. The number of ether oxygens (including phenoxy) is 1. The number of hydrogen-bond donors (Lipinski definition) is 12. The van der Waals surface area contributed by atoms with E-state index in [4.69, 9.17) is 25.4 Å². The summed E-state index contributed by atoms with van der Waals surface area (Å²) < 4.78 is 6.16. The number of pyridine rings is 1. The highest BCUT2D eigenvalue weighted by atomic mass is 32.2. The lowest BCUT2D eigenvalue weighted by Crippen LogP contribution is -2.57. The third kappa shape index (κ3) is 16.3. The molecule has 3 aliphatic heterocycles. The Bertz CT molecular complexity index is 4430. The number of aliphatic hydroxyl groups excluding tert-OH is 2. The van der Waals surface area contributed by atoms with Crippen molar-refractivity contribution < 1.29 is 72.8 Å². The molecule has 6 aromatic rings. The van der Waals surface area contributed by atoms with Crippen LogP contribution in [0.2, 0.25) is 0 Å². The molecule has 0 aliphatic carbocycles. The predicted octanol–water partition coefficient (Wildman–Crippen LogP) is 3.21. The molecule has 5 aromatic heterocycles. The van der Waals surface area contributed by atoms with Crippen molar-refractivity contribution in [3.63, 3.8) is 0 Å². The number of fused-ring (bicyclic) bond motifs is 11. The Labute approximate surface area is 591 Å². The number of thioether (sulfide) groups is 1. The van der Waals surface area contributed by atoms with E-state index in [-0.39, 0.29) is 83.5 Å². The maximum atomic E-state index is 15.0. The third-order valence-electron chi connectivity index (χ3n) is 16.3. The third-order valence-corrected chi connectivity index (χ3v) is 21.2. The van der Waals surface area contributed by atoms with Crippen molar-refractivity contribution in [2.45, 2.75) is 141 Å². The first-order valence-electron chi connectivity index (χ1n) is 30.8. The number of primary amides is 1. The summed E-state index contributed by atoms with van der Waals surface area (Å²) in [6.45, 7) is 19.8. The molecule has 100 heavy (non-hydrogen) atoms. The zero-order chi connectivity index (χ0) is 73.0. The van der Waals surface area contributed by atoms with Crippen molar-refractivity contribution in [1.29, 1.82) is 0 Å². The normalized spacial score (nSPS) is 21.9. The number of thiazole rings is 4. The van der Waals surface area contributed by atoms with Gasteiger partial charge in [0.05, 0.1) is 46.2 Å². The number of ketones is 1. The van der Waals surface area contributed by atoms with Crippen LogP contribution in [0.5, 0.6) is 0 Å². The van der Waals surface area contributed by atoms with E-state index >= 15 is 0 Å². The number of esters is 1. The molecule has 3 aliphatic rings. The second-order valence-corrected chi connectivity index (χ2v) is 28.5. The average molecular weight is 1460 g/mol. The summed E-state index contributed by atoms with van der Waals surface area (Å²) in [5.74, 6) is -10.5. The highest BCUT2D eigenvalue weighted by molar-refractivity contribution is 8.14. The van der Waals surface area contributed by atoms with E-state index in [2.05, 4.69) is 75.6 Å². The lowest BCUT2D eigenvalue weighted by molar-refractivity contribution is -0.138. The highest BCUT2D eigenvalue weighted by Gasteiger charge is 2.51. The van der Waals surface area contributed by atoms with Crippen LogP contribution < -0.4 is 48.3 Å². The summed E-state index contributed by atoms with van der Waals surface area (Å²) >= 11 is 4.76. The predicted molar refractivity (Wildman–Crippen MR) is 370 cm³/mol. The number of hydrogen-bond acceptors (Lipinski definition) is 27. The van der Waals surface area contributed by atoms with Crippen molar-refractivity contribution in [2.75, 3.05) is 5.75 Å².